The molecule has 0 bridgehead atoms. The van der Waals surface area contributed by atoms with E-state index >= 15 is 0 Å². The van der Waals surface area contributed by atoms with E-state index in [-0.39, 0.29) is 18.4 Å². The first-order valence-corrected chi connectivity index (χ1v) is 13.1. The van der Waals surface area contributed by atoms with Gasteiger partial charge >= 0.3 is 0 Å². The van der Waals surface area contributed by atoms with Gasteiger partial charge in [-0.2, -0.15) is 4.31 Å². The van der Waals surface area contributed by atoms with Gasteiger partial charge in [-0.15, -0.1) is 0 Å². The van der Waals surface area contributed by atoms with Gasteiger partial charge in [-0.25, -0.2) is 8.42 Å². The lowest BCUT2D eigenvalue weighted by molar-refractivity contribution is -0.127. The summed E-state index contributed by atoms with van der Waals surface area (Å²) in [4.78, 5) is 29.8. The van der Waals surface area contributed by atoms with Crippen LogP contribution in [0.5, 0.6) is 0 Å². The number of aryl methyl sites for hydroxylation is 1. The molecule has 0 aliphatic carbocycles. The second-order valence-corrected chi connectivity index (χ2v) is 11.3. The zero-order valence-electron chi connectivity index (χ0n) is 20.0. The van der Waals surface area contributed by atoms with Crippen molar-refractivity contribution in [1.82, 2.24) is 9.21 Å². The fourth-order valence-electron chi connectivity index (χ4n) is 4.55. The predicted molar refractivity (Wildman–Crippen MR) is 132 cm³/mol. The number of hydrogen-bond acceptors (Lipinski definition) is 5. The van der Waals surface area contributed by atoms with Crippen molar-refractivity contribution in [3.8, 4) is 0 Å². The number of anilines is 2. The molecule has 2 aromatic rings. The van der Waals surface area contributed by atoms with Gasteiger partial charge in [0, 0.05) is 26.2 Å². The molecule has 2 amide bonds. The maximum atomic E-state index is 13.3. The molecule has 1 saturated heterocycles. The number of nitrogens with zero attached hydrogens (tertiary/aromatic N) is 3. The third-order valence-electron chi connectivity index (χ3n) is 6.55. The SMILES string of the molecule is CCCc1ccc(S(=O)(=O)N2CCN(CC(=O)N3c4ccccc4NC(=O)C3(C)C)CC2)cc1. The van der Waals surface area contributed by atoms with E-state index in [0.717, 1.165) is 18.4 Å². The second-order valence-electron chi connectivity index (χ2n) is 9.33. The first-order chi connectivity index (χ1) is 16.1. The Hall–Kier alpha value is -2.75. The Morgan fingerprint density at radius 2 is 1.65 bits per heavy atom. The number of para-hydroxylation sites is 2. The number of nitrogens with one attached hydrogen (secondary N) is 1. The Morgan fingerprint density at radius 1 is 1.00 bits per heavy atom. The standard InChI is InChI=1S/C25H32N4O4S/c1-4-7-19-10-12-20(13-11-19)34(32,33)28-16-14-27(15-17-28)18-23(30)29-22-9-6-5-8-21(22)26-24(31)25(29,2)3/h5-6,8-13H,4,7,14-18H2,1-3H3,(H,26,31). The van der Waals surface area contributed by atoms with Gasteiger partial charge in [0.05, 0.1) is 22.8 Å². The van der Waals surface area contributed by atoms with Gasteiger partial charge in [0.2, 0.25) is 21.8 Å². The van der Waals surface area contributed by atoms with E-state index in [2.05, 4.69) is 12.2 Å². The van der Waals surface area contributed by atoms with Crippen LogP contribution in [0.2, 0.25) is 0 Å². The van der Waals surface area contributed by atoms with Gasteiger partial charge in [0.25, 0.3) is 0 Å². The zero-order chi connectivity index (χ0) is 24.5. The Labute approximate surface area is 201 Å². The molecule has 34 heavy (non-hydrogen) atoms. The molecular formula is C25H32N4O4S. The van der Waals surface area contributed by atoms with Crippen molar-refractivity contribution in [2.24, 2.45) is 0 Å². The van der Waals surface area contributed by atoms with Crippen molar-refractivity contribution < 1.29 is 18.0 Å². The monoisotopic (exact) mass is 484 g/mol. The molecule has 0 atom stereocenters. The molecule has 0 saturated carbocycles. The van der Waals surface area contributed by atoms with E-state index in [1.165, 1.54) is 4.31 Å². The van der Waals surface area contributed by atoms with E-state index in [0.29, 0.717) is 42.4 Å². The summed E-state index contributed by atoms with van der Waals surface area (Å²) in [6.07, 6.45) is 1.94. The summed E-state index contributed by atoms with van der Waals surface area (Å²) in [5.74, 6) is -0.421. The highest BCUT2D eigenvalue weighted by atomic mass is 32.2. The number of sulfonamides is 1. The number of amides is 2. The molecule has 1 N–H and O–H groups in total. The first-order valence-electron chi connectivity index (χ1n) is 11.7. The van der Waals surface area contributed by atoms with Crippen LogP contribution >= 0.6 is 0 Å². The summed E-state index contributed by atoms with van der Waals surface area (Å²) in [7, 11) is -3.57. The van der Waals surface area contributed by atoms with Crippen LogP contribution in [-0.2, 0) is 26.0 Å². The molecule has 2 heterocycles. The molecule has 182 valence electrons. The second kappa shape index (κ2) is 9.48. The smallest absolute Gasteiger partial charge is 0.250 e. The third kappa shape index (κ3) is 4.60. The average molecular weight is 485 g/mol. The molecule has 9 heteroatoms. The van der Waals surface area contributed by atoms with Crippen molar-refractivity contribution >= 4 is 33.2 Å². The predicted octanol–water partition coefficient (Wildman–Crippen LogP) is 2.71. The van der Waals surface area contributed by atoms with E-state index in [4.69, 9.17) is 0 Å². The van der Waals surface area contributed by atoms with E-state index in [9.17, 15) is 18.0 Å². The van der Waals surface area contributed by atoms with E-state index in [1.807, 2.05) is 35.2 Å². The van der Waals surface area contributed by atoms with Crippen LogP contribution < -0.4 is 10.2 Å². The summed E-state index contributed by atoms with van der Waals surface area (Å²) in [6.45, 7) is 7.18. The maximum absolute atomic E-state index is 13.3. The molecule has 0 radical (unpaired) electrons. The average Bonchev–Trinajstić information content (AvgIpc) is 2.80. The van der Waals surface area contributed by atoms with Crippen molar-refractivity contribution in [2.45, 2.75) is 44.0 Å². The number of piperazine rings is 1. The van der Waals surface area contributed by atoms with Crippen molar-refractivity contribution in [3.05, 3.63) is 54.1 Å². The van der Waals surface area contributed by atoms with Gasteiger partial charge < -0.3 is 5.32 Å². The van der Waals surface area contributed by atoms with Crippen LogP contribution in [0.3, 0.4) is 0 Å². The highest BCUT2D eigenvalue weighted by molar-refractivity contribution is 7.89. The number of rotatable bonds is 6. The van der Waals surface area contributed by atoms with Crippen LogP contribution in [0.1, 0.15) is 32.8 Å². The number of carbonyl (C=O) groups is 2. The van der Waals surface area contributed by atoms with Crippen LogP contribution in [0.25, 0.3) is 0 Å². The highest BCUT2D eigenvalue weighted by Gasteiger charge is 2.44. The Kier molecular flexibility index (Phi) is 6.80. The minimum atomic E-state index is -3.57. The van der Waals surface area contributed by atoms with Crippen LogP contribution in [0, 0.1) is 0 Å². The summed E-state index contributed by atoms with van der Waals surface area (Å²) >= 11 is 0. The van der Waals surface area contributed by atoms with E-state index in [1.54, 1.807) is 36.9 Å². The van der Waals surface area contributed by atoms with Crippen LogP contribution in [-0.4, -0.2) is 67.7 Å². The topological polar surface area (TPSA) is 90.0 Å². The molecule has 0 aromatic heterocycles. The van der Waals surface area contributed by atoms with Gasteiger partial charge in [-0.05, 0) is 50.1 Å². The maximum Gasteiger partial charge on any atom is 0.250 e. The number of carbonyl (C=O) groups excluding carboxylic acids is 2. The molecule has 1 fully saturated rings. The van der Waals surface area contributed by atoms with Crippen molar-refractivity contribution in [2.75, 3.05) is 42.9 Å². The lowest BCUT2D eigenvalue weighted by Gasteiger charge is -2.43. The molecule has 2 aliphatic rings. The largest absolute Gasteiger partial charge is 0.322 e. The number of benzene rings is 2. The fraction of sp³-hybridized carbons (Fsp3) is 0.440. The highest BCUT2D eigenvalue weighted by Crippen LogP contribution is 2.36. The Morgan fingerprint density at radius 3 is 2.29 bits per heavy atom. The summed E-state index contributed by atoms with van der Waals surface area (Å²) in [5, 5.41) is 2.87. The number of hydrogen-bond donors (Lipinski definition) is 1. The van der Waals surface area contributed by atoms with Gasteiger partial charge in [0.15, 0.2) is 0 Å². The third-order valence-corrected chi connectivity index (χ3v) is 8.46. The van der Waals surface area contributed by atoms with Gasteiger partial charge in [-0.3, -0.25) is 19.4 Å². The minimum absolute atomic E-state index is 0.116. The van der Waals surface area contributed by atoms with Crippen molar-refractivity contribution in [3.63, 3.8) is 0 Å². The summed E-state index contributed by atoms with van der Waals surface area (Å²) in [5.41, 5.74) is 1.38. The quantitative estimate of drug-likeness (QED) is 0.681. The summed E-state index contributed by atoms with van der Waals surface area (Å²) < 4.78 is 27.6. The van der Waals surface area contributed by atoms with Crippen LogP contribution in [0.4, 0.5) is 11.4 Å². The summed E-state index contributed by atoms with van der Waals surface area (Å²) in [6, 6.07) is 14.4. The molecule has 2 aliphatic heterocycles. The molecule has 4 rings (SSSR count). The first kappa shape index (κ1) is 24.4. The molecule has 2 aromatic carbocycles. The Balaban J connectivity index is 1.42. The molecule has 8 nitrogen and oxygen atoms in total. The molecule has 0 unspecified atom stereocenters. The zero-order valence-corrected chi connectivity index (χ0v) is 20.8. The van der Waals surface area contributed by atoms with E-state index < -0.39 is 15.6 Å². The Bertz CT molecular complexity index is 1170. The molecule has 0 spiro atoms. The lowest BCUT2D eigenvalue weighted by atomic mass is 9.96. The van der Waals surface area contributed by atoms with Crippen molar-refractivity contribution in [1.29, 1.82) is 0 Å². The molecular weight excluding hydrogens is 452 g/mol. The van der Waals surface area contributed by atoms with Gasteiger partial charge in [-0.1, -0.05) is 37.6 Å². The minimum Gasteiger partial charge on any atom is -0.322 e. The lowest BCUT2D eigenvalue weighted by Crippen LogP contribution is -2.61. The van der Waals surface area contributed by atoms with Crippen LogP contribution in [0.15, 0.2) is 53.4 Å². The number of fused-ring (bicyclic) bond motifs is 1. The normalized spacial score (nSPS) is 18.9. The van der Waals surface area contributed by atoms with Gasteiger partial charge in [0.1, 0.15) is 5.54 Å². The fourth-order valence-corrected chi connectivity index (χ4v) is 5.98.